The van der Waals surface area contributed by atoms with Crippen LogP contribution >= 0.6 is 0 Å². The van der Waals surface area contributed by atoms with E-state index in [0.29, 0.717) is 0 Å². The Balaban J connectivity index is 2.62. The summed E-state index contributed by atoms with van der Waals surface area (Å²) in [7, 11) is 0. The van der Waals surface area contributed by atoms with E-state index in [1.165, 1.54) is 0 Å². The molecule has 0 radical (unpaired) electrons. The molecule has 1 heterocycles. The predicted octanol–water partition coefficient (Wildman–Crippen LogP) is -2.97. The topological polar surface area (TPSA) is 93.0 Å². The molecule has 1 fully saturated rings. The van der Waals surface area contributed by atoms with Gasteiger partial charge in [-0.1, -0.05) is 0 Å². The number of aliphatic hydroxyl groups excluding tert-OH is 4. The molecule has 0 aliphatic carbocycles. The maximum Gasteiger partial charge on any atom is 0.123 e. The lowest BCUT2D eigenvalue weighted by atomic mass is 10.1. The fraction of sp³-hybridized carbons (Fsp3) is 1.00. The zero-order valence-electron chi connectivity index (χ0n) is 6.96. The molecule has 66 valence electrons. The molecule has 1 aliphatic heterocycles. The highest BCUT2D eigenvalue weighted by Crippen LogP contribution is 2.10. The van der Waals surface area contributed by atoms with E-state index in [-0.39, 0.29) is 6.54 Å². The molecule has 0 bridgehead atoms. The summed E-state index contributed by atoms with van der Waals surface area (Å²) in [5.41, 5.74) is 0. The first kappa shape index (κ1) is 7.45. The van der Waals surface area contributed by atoms with E-state index in [1.54, 1.807) is 0 Å². The van der Waals surface area contributed by atoms with E-state index in [0.717, 1.165) is 5.31 Å². The summed E-state index contributed by atoms with van der Waals surface area (Å²) in [5.74, 6) is 0. The molecule has 5 nitrogen and oxygen atoms in total. The maximum absolute atomic E-state index is 9.25. The van der Waals surface area contributed by atoms with Gasteiger partial charge in [0.2, 0.25) is 0 Å². The second-order valence-corrected chi connectivity index (χ2v) is 2.66. The average Bonchev–Trinajstić information content (AvgIpc) is 2.26. The summed E-state index contributed by atoms with van der Waals surface area (Å²) in [5, 5.41) is 36.9. The molecule has 0 spiro atoms. The molecule has 5 heteroatoms. The summed E-state index contributed by atoms with van der Waals surface area (Å²) in [4.78, 5) is 0. The van der Waals surface area contributed by atoms with Gasteiger partial charge in [0.25, 0.3) is 0 Å². The standard InChI is InChI=1S/C6H13NO4/c8-2-4(10)5-6(11)3(9)1-7-5/h3-11H,1-2H2/t3-,4-,5-,6-/m1/s1/i/hD. The average molecular weight is 164 g/mol. The lowest BCUT2D eigenvalue weighted by Crippen LogP contribution is -2.44. The molecule has 1 saturated heterocycles. The van der Waals surface area contributed by atoms with Crippen molar-refractivity contribution < 1.29 is 21.8 Å². The third-order valence-electron chi connectivity index (χ3n) is 1.83. The SMILES string of the molecule is [2H]N1C[C@@H](O)[C@@H](O)[C@H]1[C@H](O)CO. The Morgan fingerprint density at radius 2 is 2.27 bits per heavy atom. The van der Waals surface area contributed by atoms with Crippen molar-refractivity contribution in [1.29, 1.82) is 0 Å². The first-order valence-corrected chi connectivity index (χ1v) is 3.48. The third kappa shape index (κ3) is 1.69. The predicted molar refractivity (Wildman–Crippen MR) is 36.9 cm³/mol. The monoisotopic (exact) mass is 164 g/mol. The Morgan fingerprint density at radius 3 is 2.64 bits per heavy atom. The van der Waals surface area contributed by atoms with E-state index in [9.17, 15) is 5.11 Å². The maximum atomic E-state index is 9.25. The van der Waals surface area contributed by atoms with Crippen LogP contribution in [0.5, 0.6) is 0 Å². The molecule has 0 aromatic carbocycles. The van der Waals surface area contributed by atoms with Crippen LogP contribution in [0.4, 0.5) is 0 Å². The quantitative estimate of drug-likeness (QED) is 0.300. The van der Waals surface area contributed by atoms with Crippen molar-refractivity contribution in [2.24, 2.45) is 0 Å². The van der Waals surface area contributed by atoms with Crippen LogP contribution in [0.2, 0.25) is 1.41 Å². The number of aliphatic hydroxyl groups is 4. The van der Waals surface area contributed by atoms with Crippen molar-refractivity contribution in [2.75, 3.05) is 13.2 Å². The normalized spacial score (nSPS) is 44.0. The van der Waals surface area contributed by atoms with Gasteiger partial charge in [-0.05, 0) is 0 Å². The van der Waals surface area contributed by atoms with E-state index in [2.05, 4.69) is 0 Å². The zero-order valence-corrected chi connectivity index (χ0v) is 5.96. The van der Waals surface area contributed by atoms with Crippen LogP contribution in [0, 0.1) is 0 Å². The molecule has 0 amide bonds. The third-order valence-corrected chi connectivity index (χ3v) is 1.83. The van der Waals surface area contributed by atoms with Crippen molar-refractivity contribution in [3.8, 4) is 0 Å². The minimum atomic E-state index is -1.19. The second kappa shape index (κ2) is 3.46. The van der Waals surface area contributed by atoms with Crippen LogP contribution in [0.1, 0.15) is 0 Å². The van der Waals surface area contributed by atoms with E-state index >= 15 is 0 Å². The fourth-order valence-electron chi connectivity index (χ4n) is 1.13. The largest absolute Gasteiger partial charge is 0.394 e. The van der Waals surface area contributed by atoms with Crippen molar-refractivity contribution in [3.63, 3.8) is 0 Å². The number of nitrogens with one attached hydrogen (secondary N) is 1. The zero-order chi connectivity index (χ0) is 9.30. The summed E-state index contributed by atoms with van der Waals surface area (Å²) < 4.78 is 7.23. The molecule has 1 rings (SSSR count). The Bertz CT molecular complexity index is 154. The van der Waals surface area contributed by atoms with Gasteiger partial charge in [0, 0.05) is 6.54 Å². The number of β-amino-alcohol motifs (C(OH)–C–C–N with tert-alkyl or cyclic N) is 1. The molecule has 0 unspecified atom stereocenters. The smallest absolute Gasteiger partial charge is 0.123 e. The first-order valence-electron chi connectivity index (χ1n) is 3.93. The number of hydrogen-bond donors (Lipinski definition) is 5. The summed E-state index contributed by atoms with van der Waals surface area (Å²) >= 11 is 0. The van der Waals surface area contributed by atoms with Crippen LogP contribution in [-0.2, 0) is 0 Å². The van der Waals surface area contributed by atoms with Crippen LogP contribution < -0.4 is 5.31 Å². The van der Waals surface area contributed by atoms with Crippen LogP contribution in [0.25, 0.3) is 0 Å². The van der Waals surface area contributed by atoms with Gasteiger partial charge in [0.15, 0.2) is 0 Å². The minimum Gasteiger partial charge on any atom is -0.394 e. The van der Waals surface area contributed by atoms with Gasteiger partial charge in [-0.15, -0.1) is 0 Å². The summed E-state index contributed by atoms with van der Waals surface area (Å²) in [6, 6.07) is -0.898. The molecule has 1 aliphatic rings. The molecule has 4 atom stereocenters. The van der Waals surface area contributed by atoms with E-state index in [1.807, 2.05) is 0 Å². The molecular formula is C6H13NO4. The van der Waals surface area contributed by atoms with Crippen LogP contribution in [-0.4, -0.2) is 57.9 Å². The Morgan fingerprint density at radius 1 is 1.64 bits per heavy atom. The van der Waals surface area contributed by atoms with Crippen molar-refractivity contribution >= 4 is 0 Å². The highest BCUT2D eigenvalue weighted by atomic mass is 16.3. The van der Waals surface area contributed by atoms with Crippen molar-refractivity contribution in [3.05, 3.63) is 0 Å². The lowest BCUT2D eigenvalue weighted by Gasteiger charge is -2.19. The fourth-order valence-corrected chi connectivity index (χ4v) is 1.13. The Labute approximate surface area is 65.7 Å². The molecular weight excluding hydrogens is 150 g/mol. The van der Waals surface area contributed by atoms with Gasteiger partial charge in [0.1, 0.15) is 1.41 Å². The van der Waals surface area contributed by atoms with E-state index in [4.69, 9.17) is 16.7 Å². The molecule has 5 N–H and O–H groups in total. The van der Waals surface area contributed by atoms with Gasteiger partial charge in [-0.2, -0.15) is 0 Å². The van der Waals surface area contributed by atoms with Gasteiger partial charge in [0.05, 0.1) is 31.0 Å². The van der Waals surface area contributed by atoms with Gasteiger partial charge < -0.3 is 25.7 Å². The Kier molecular flexibility index (Phi) is 2.35. The molecule has 0 saturated carbocycles. The lowest BCUT2D eigenvalue weighted by molar-refractivity contribution is -0.00977. The number of rotatable bonds is 2. The van der Waals surface area contributed by atoms with Crippen LogP contribution in [0.3, 0.4) is 0 Å². The van der Waals surface area contributed by atoms with Gasteiger partial charge >= 0.3 is 0 Å². The number of hydrogen-bond acceptors (Lipinski definition) is 5. The second-order valence-electron chi connectivity index (χ2n) is 2.66. The molecule has 0 aromatic heterocycles. The van der Waals surface area contributed by atoms with E-state index < -0.39 is 31.0 Å². The first-order chi connectivity index (χ1) is 5.57. The molecule has 0 aromatic rings. The molecule has 11 heavy (non-hydrogen) atoms. The van der Waals surface area contributed by atoms with Crippen molar-refractivity contribution in [2.45, 2.75) is 24.4 Å². The van der Waals surface area contributed by atoms with Gasteiger partial charge in [-0.3, -0.25) is 0 Å². The Hall–Kier alpha value is -0.200. The van der Waals surface area contributed by atoms with Crippen molar-refractivity contribution in [1.82, 2.24) is 5.31 Å². The van der Waals surface area contributed by atoms with Crippen LogP contribution in [0.15, 0.2) is 0 Å². The summed E-state index contributed by atoms with van der Waals surface area (Å²) in [6.45, 7) is -0.535. The minimum absolute atomic E-state index is 0.0110. The highest BCUT2D eigenvalue weighted by Gasteiger charge is 2.36. The summed E-state index contributed by atoms with van der Waals surface area (Å²) in [6.07, 6.45) is -3.37. The van der Waals surface area contributed by atoms with Gasteiger partial charge in [-0.25, -0.2) is 0 Å². The highest BCUT2D eigenvalue weighted by molar-refractivity contribution is 4.94.